The molecule has 0 radical (unpaired) electrons. The van der Waals surface area contributed by atoms with E-state index in [1.54, 1.807) is 4.90 Å². The molecule has 0 unspecified atom stereocenters. The predicted molar refractivity (Wildman–Crippen MR) is 94.1 cm³/mol. The quantitative estimate of drug-likeness (QED) is 0.767. The third-order valence-corrected chi connectivity index (χ3v) is 5.68. The fraction of sp³-hybridized carbons (Fsp3) is 0.667. The number of aromatic amines is 1. The van der Waals surface area contributed by atoms with E-state index in [1.165, 1.54) is 13.0 Å². The molecule has 2 saturated heterocycles. The first-order chi connectivity index (χ1) is 12.3. The molecule has 3 heterocycles. The molecule has 1 spiro atoms. The molecule has 2 N–H and O–H groups in total. The summed E-state index contributed by atoms with van der Waals surface area (Å²) >= 11 is 0. The van der Waals surface area contributed by atoms with Gasteiger partial charge in [-0.2, -0.15) is 5.10 Å². The van der Waals surface area contributed by atoms with Crippen molar-refractivity contribution in [2.75, 3.05) is 26.2 Å². The van der Waals surface area contributed by atoms with E-state index in [0.717, 1.165) is 32.4 Å². The molecule has 1 amide bonds. The molecule has 2 fully saturated rings. The molecule has 0 bridgehead atoms. The molecule has 0 aromatic carbocycles. The summed E-state index contributed by atoms with van der Waals surface area (Å²) < 4.78 is 0. The van der Waals surface area contributed by atoms with Crippen LogP contribution in [0.1, 0.15) is 60.5 Å². The second-order valence-electron chi connectivity index (χ2n) is 7.54. The standard InChI is InChI=1S/C18H26N4O4/c1-3-6-22-11-18(10-15(22)17(25)26)4-7-21(8-5-18)16(24)14-9-13(12(2)23)19-20-14/h9,15H,3-8,10-11H2,1-2H3,(H,19,20)(H,25,26)/t15-/m0/s1. The van der Waals surface area contributed by atoms with Gasteiger partial charge in [-0.3, -0.25) is 24.4 Å². The topological polar surface area (TPSA) is 107 Å². The van der Waals surface area contributed by atoms with E-state index in [9.17, 15) is 19.5 Å². The minimum Gasteiger partial charge on any atom is -0.480 e. The minimum absolute atomic E-state index is 0.0203. The lowest BCUT2D eigenvalue weighted by Gasteiger charge is -2.39. The van der Waals surface area contributed by atoms with Crippen molar-refractivity contribution >= 4 is 17.7 Å². The number of likely N-dealkylation sites (tertiary alicyclic amines) is 2. The fourth-order valence-electron chi connectivity index (χ4n) is 4.24. The third kappa shape index (κ3) is 3.51. The highest BCUT2D eigenvalue weighted by Crippen LogP contribution is 2.43. The molecule has 2 aliphatic rings. The van der Waals surface area contributed by atoms with Crippen LogP contribution in [0.5, 0.6) is 0 Å². The molecule has 3 rings (SSSR count). The maximum Gasteiger partial charge on any atom is 0.320 e. The van der Waals surface area contributed by atoms with Gasteiger partial charge in [0.05, 0.1) is 0 Å². The first-order valence-corrected chi connectivity index (χ1v) is 9.18. The molecule has 0 aliphatic carbocycles. The third-order valence-electron chi connectivity index (χ3n) is 5.68. The monoisotopic (exact) mass is 362 g/mol. The van der Waals surface area contributed by atoms with E-state index in [1.807, 2.05) is 0 Å². The van der Waals surface area contributed by atoms with Crippen molar-refractivity contribution in [2.45, 2.75) is 45.6 Å². The van der Waals surface area contributed by atoms with Gasteiger partial charge in [0.25, 0.3) is 5.91 Å². The zero-order valence-electron chi connectivity index (χ0n) is 15.3. The lowest BCUT2D eigenvalue weighted by molar-refractivity contribution is -0.142. The van der Waals surface area contributed by atoms with Gasteiger partial charge in [-0.1, -0.05) is 6.92 Å². The number of piperidine rings is 1. The van der Waals surface area contributed by atoms with Crippen LogP contribution in [0.2, 0.25) is 0 Å². The number of ketones is 1. The Morgan fingerprint density at radius 2 is 2.04 bits per heavy atom. The van der Waals surface area contributed by atoms with Gasteiger partial charge in [-0.15, -0.1) is 0 Å². The summed E-state index contributed by atoms with van der Waals surface area (Å²) in [4.78, 5) is 39.4. The molecule has 26 heavy (non-hydrogen) atoms. The van der Waals surface area contributed by atoms with E-state index < -0.39 is 12.0 Å². The number of H-pyrrole nitrogens is 1. The second kappa shape index (κ2) is 7.19. The maximum absolute atomic E-state index is 12.6. The van der Waals surface area contributed by atoms with Crippen LogP contribution < -0.4 is 0 Å². The first-order valence-electron chi connectivity index (χ1n) is 9.18. The number of aliphatic carboxylic acids is 1. The highest BCUT2D eigenvalue weighted by molar-refractivity contribution is 5.97. The van der Waals surface area contributed by atoms with E-state index in [4.69, 9.17) is 0 Å². The highest BCUT2D eigenvalue weighted by atomic mass is 16.4. The van der Waals surface area contributed by atoms with Crippen LogP contribution in [0.15, 0.2) is 6.07 Å². The summed E-state index contributed by atoms with van der Waals surface area (Å²) in [6, 6.07) is 1.08. The summed E-state index contributed by atoms with van der Waals surface area (Å²) in [5.41, 5.74) is 0.568. The number of carbonyl (C=O) groups is 3. The molecule has 1 aromatic heterocycles. The van der Waals surface area contributed by atoms with Gasteiger partial charge in [-0.05, 0) is 43.7 Å². The van der Waals surface area contributed by atoms with Crippen molar-refractivity contribution in [1.82, 2.24) is 20.0 Å². The number of carboxylic acids is 1. The number of nitrogens with zero attached hydrogens (tertiary/aromatic N) is 3. The van der Waals surface area contributed by atoms with Crippen molar-refractivity contribution in [3.05, 3.63) is 17.5 Å². The van der Waals surface area contributed by atoms with Crippen LogP contribution in [0.3, 0.4) is 0 Å². The zero-order valence-corrected chi connectivity index (χ0v) is 15.3. The Bertz CT molecular complexity index is 706. The van der Waals surface area contributed by atoms with E-state index in [2.05, 4.69) is 22.0 Å². The molecule has 0 saturated carbocycles. The molecule has 2 aliphatic heterocycles. The van der Waals surface area contributed by atoms with Crippen molar-refractivity contribution in [3.8, 4) is 0 Å². The van der Waals surface area contributed by atoms with Crippen molar-refractivity contribution in [2.24, 2.45) is 5.41 Å². The molecule has 1 atom stereocenters. The van der Waals surface area contributed by atoms with Crippen LogP contribution in [0, 0.1) is 5.41 Å². The normalized spacial score (nSPS) is 22.7. The number of hydrogen-bond donors (Lipinski definition) is 2. The van der Waals surface area contributed by atoms with Gasteiger partial charge in [0.2, 0.25) is 0 Å². The summed E-state index contributed by atoms with van der Waals surface area (Å²) in [6.45, 7) is 6.25. The van der Waals surface area contributed by atoms with Gasteiger partial charge in [-0.25, -0.2) is 0 Å². The lowest BCUT2D eigenvalue weighted by Crippen LogP contribution is -2.44. The van der Waals surface area contributed by atoms with Crippen molar-refractivity contribution in [3.63, 3.8) is 0 Å². The molecular formula is C18H26N4O4. The largest absolute Gasteiger partial charge is 0.480 e. The van der Waals surface area contributed by atoms with Gasteiger partial charge in [0, 0.05) is 26.6 Å². The zero-order chi connectivity index (χ0) is 18.9. The number of carbonyl (C=O) groups excluding carboxylic acids is 2. The van der Waals surface area contributed by atoms with Gasteiger partial charge >= 0.3 is 5.97 Å². The van der Waals surface area contributed by atoms with Crippen LogP contribution >= 0.6 is 0 Å². The van der Waals surface area contributed by atoms with Gasteiger partial charge in [0.15, 0.2) is 5.78 Å². The number of carboxylic acid groups (broad SMARTS) is 1. The Morgan fingerprint density at radius 3 is 2.58 bits per heavy atom. The summed E-state index contributed by atoms with van der Waals surface area (Å²) in [6.07, 6.45) is 3.19. The number of hydrogen-bond acceptors (Lipinski definition) is 5. The molecular weight excluding hydrogens is 336 g/mol. The number of rotatable bonds is 5. The Labute approximate surface area is 152 Å². The summed E-state index contributed by atoms with van der Waals surface area (Å²) in [7, 11) is 0. The first kappa shape index (κ1) is 18.6. The Morgan fingerprint density at radius 1 is 1.35 bits per heavy atom. The van der Waals surface area contributed by atoms with Gasteiger partial charge in [0.1, 0.15) is 17.4 Å². The molecule has 8 nitrogen and oxygen atoms in total. The van der Waals surface area contributed by atoms with Crippen molar-refractivity contribution < 1.29 is 19.5 Å². The number of aromatic nitrogens is 2. The van der Waals surface area contributed by atoms with Crippen molar-refractivity contribution in [1.29, 1.82) is 0 Å². The predicted octanol–water partition coefficient (Wildman–Crippen LogP) is 1.40. The number of Topliss-reactive ketones (excluding diaryl/α,β-unsaturated/α-hetero) is 1. The lowest BCUT2D eigenvalue weighted by atomic mass is 9.76. The average molecular weight is 362 g/mol. The Hall–Kier alpha value is -2.22. The van der Waals surface area contributed by atoms with Crippen LogP contribution in [0.4, 0.5) is 0 Å². The Kier molecular flexibility index (Phi) is 5.13. The number of nitrogens with one attached hydrogen (secondary N) is 1. The average Bonchev–Trinajstić information content (AvgIpc) is 3.21. The fourth-order valence-corrected chi connectivity index (χ4v) is 4.24. The molecule has 1 aromatic rings. The van der Waals surface area contributed by atoms with Crippen LogP contribution in [0.25, 0.3) is 0 Å². The van der Waals surface area contributed by atoms with E-state index >= 15 is 0 Å². The molecule has 8 heteroatoms. The Balaban J connectivity index is 1.64. The highest BCUT2D eigenvalue weighted by Gasteiger charge is 2.48. The summed E-state index contributed by atoms with van der Waals surface area (Å²) in [5.74, 6) is -1.08. The smallest absolute Gasteiger partial charge is 0.320 e. The minimum atomic E-state index is -0.747. The molecule has 142 valence electrons. The number of amides is 1. The second-order valence-corrected chi connectivity index (χ2v) is 7.54. The summed E-state index contributed by atoms with van der Waals surface area (Å²) in [5, 5.41) is 16.0. The van der Waals surface area contributed by atoms with Crippen LogP contribution in [-0.4, -0.2) is 75.0 Å². The maximum atomic E-state index is 12.6. The van der Waals surface area contributed by atoms with Gasteiger partial charge < -0.3 is 10.0 Å². The van der Waals surface area contributed by atoms with E-state index in [0.29, 0.717) is 25.2 Å². The van der Waals surface area contributed by atoms with Crippen LogP contribution in [-0.2, 0) is 4.79 Å². The van der Waals surface area contributed by atoms with E-state index in [-0.39, 0.29) is 22.8 Å². The SMILES string of the molecule is CCCN1CC2(CCN(C(=O)c3cc(C(C)=O)n[nH]3)CC2)C[C@H]1C(=O)O.